The fourth-order valence-electron chi connectivity index (χ4n) is 3.81. The molecule has 0 saturated heterocycles. The Kier molecular flexibility index (Phi) is 7.33. The van der Waals surface area contributed by atoms with Crippen molar-refractivity contribution in [2.75, 3.05) is 20.8 Å². The van der Waals surface area contributed by atoms with Crippen LogP contribution in [0.1, 0.15) is 47.5 Å². The molecule has 0 fully saturated rings. The lowest BCUT2D eigenvalue weighted by molar-refractivity contribution is 0.0913. The van der Waals surface area contributed by atoms with Gasteiger partial charge in [-0.2, -0.15) is 0 Å². The molecule has 0 aliphatic carbocycles. The predicted molar refractivity (Wildman–Crippen MR) is 136 cm³/mol. The molecule has 0 radical (unpaired) electrons. The van der Waals surface area contributed by atoms with Gasteiger partial charge in [0.1, 0.15) is 11.9 Å². The van der Waals surface area contributed by atoms with E-state index in [2.05, 4.69) is 24.1 Å². The molecule has 2 aromatic carbocycles. The van der Waals surface area contributed by atoms with Crippen molar-refractivity contribution in [2.45, 2.75) is 25.9 Å². The van der Waals surface area contributed by atoms with Crippen molar-refractivity contribution in [1.82, 2.24) is 10.3 Å². The summed E-state index contributed by atoms with van der Waals surface area (Å²) in [5.41, 5.74) is 3.29. The Labute approximate surface area is 207 Å². The zero-order valence-electron chi connectivity index (χ0n) is 20.0. The summed E-state index contributed by atoms with van der Waals surface area (Å²) in [5.74, 6) is 0.523. The number of benzene rings is 2. The summed E-state index contributed by atoms with van der Waals surface area (Å²) in [5, 5.41) is 16.3. The van der Waals surface area contributed by atoms with E-state index in [4.69, 9.17) is 9.47 Å². The second kappa shape index (κ2) is 10.4. The maximum atomic E-state index is 14.2. The molecular weight excluding hydrogens is 467 g/mol. The number of aromatic nitrogens is 1. The van der Waals surface area contributed by atoms with Crippen LogP contribution in [-0.2, 0) is 0 Å². The Bertz CT molecular complexity index is 1370. The summed E-state index contributed by atoms with van der Waals surface area (Å²) in [6, 6.07) is 13.7. The molecule has 4 rings (SSSR count). The molecule has 0 aliphatic heterocycles. The van der Waals surface area contributed by atoms with E-state index < -0.39 is 6.10 Å². The molecule has 8 heteroatoms. The van der Waals surface area contributed by atoms with Gasteiger partial charge in [0, 0.05) is 28.4 Å². The highest BCUT2D eigenvalue weighted by Gasteiger charge is 2.18. The van der Waals surface area contributed by atoms with Crippen molar-refractivity contribution < 1.29 is 23.8 Å². The molecule has 1 unspecified atom stereocenters. The zero-order valence-corrected chi connectivity index (χ0v) is 20.8. The maximum Gasteiger partial charge on any atom is 0.251 e. The van der Waals surface area contributed by atoms with Gasteiger partial charge in [0.15, 0.2) is 11.5 Å². The number of fused-ring (bicyclic) bond motifs is 1. The molecule has 1 atom stereocenters. The van der Waals surface area contributed by atoms with Gasteiger partial charge in [0.05, 0.1) is 30.3 Å². The summed E-state index contributed by atoms with van der Waals surface area (Å²) < 4.78 is 25.3. The minimum absolute atomic E-state index is 0.0276. The fourth-order valence-corrected chi connectivity index (χ4v) is 4.78. The molecule has 35 heavy (non-hydrogen) atoms. The van der Waals surface area contributed by atoms with E-state index in [1.165, 1.54) is 31.6 Å². The van der Waals surface area contributed by atoms with Crippen molar-refractivity contribution in [2.24, 2.45) is 0 Å². The van der Waals surface area contributed by atoms with Crippen molar-refractivity contribution in [1.29, 1.82) is 0 Å². The number of thiophene rings is 1. The number of carbonyl (C=O) groups excluding carboxylic acids is 1. The number of carbonyl (C=O) groups is 1. The van der Waals surface area contributed by atoms with Gasteiger partial charge in [0.25, 0.3) is 5.91 Å². The number of nitrogens with one attached hydrogen (secondary N) is 1. The van der Waals surface area contributed by atoms with Crippen molar-refractivity contribution in [3.63, 3.8) is 0 Å². The number of ether oxygens (including phenoxy) is 2. The number of hydrogen-bond donors (Lipinski definition) is 2. The van der Waals surface area contributed by atoms with Gasteiger partial charge in [-0.05, 0) is 47.9 Å². The van der Waals surface area contributed by atoms with Crippen LogP contribution >= 0.6 is 11.3 Å². The maximum absolute atomic E-state index is 14.2. The third-order valence-corrected chi connectivity index (χ3v) is 6.81. The average molecular weight is 495 g/mol. The fraction of sp³-hybridized carbons (Fsp3) is 0.259. The lowest BCUT2D eigenvalue weighted by atomic mass is 9.98. The molecule has 1 amide bonds. The van der Waals surface area contributed by atoms with Crippen LogP contribution in [-0.4, -0.2) is 36.8 Å². The molecule has 0 bridgehead atoms. The minimum atomic E-state index is -1.03. The van der Waals surface area contributed by atoms with Crippen LogP contribution in [0.15, 0.2) is 53.9 Å². The lowest BCUT2D eigenvalue weighted by Crippen LogP contribution is -2.28. The zero-order chi connectivity index (χ0) is 25.1. The number of nitrogens with zero attached hydrogens (tertiary/aromatic N) is 1. The summed E-state index contributed by atoms with van der Waals surface area (Å²) in [4.78, 5) is 17.4. The van der Waals surface area contributed by atoms with E-state index in [0.29, 0.717) is 33.2 Å². The van der Waals surface area contributed by atoms with E-state index in [1.807, 2.05) is 23.6 Å². The molecular formula is C27H27FN2O4S. The first-order valence-corrected chi connectivity index (χ1v) is 12.1. The van der Waals surface area contributed by atoms with E-state index in [-0.39, 0.29) is 24.2 Å². The number of amides is 1. The Balaban J connectivity index is 1.59. The molecule has 2 heterocycles. The number of methoxy groups -OCH3 is 2. The SMILES string of the molecule is COc1ccc(C(=O)NCC(O)c2cc(C(C)C)cc(-c3csc4c(F)cccc34)n2)cc1OC. The number of pyridine rings is 1. The standard InChI is InChI=1S/C27H27FN2O4S/c1-15(2)17-10-21(19-14-35-26-18(19)6-5-7-20(26)28)30-22(11-17)23(31)13-29-27(32)16-8-9-24(33-3)25(12-16)34-4/h5-12,14-15,23,31H,13H2,1-4H3,(H,29,32). The van der Waals surface area contributed by atoms with Crippen molar-refractivity contribution in [3.05, 3.63) is 76.5 Å². The molecule has 0 aliphatic rings. The second-order valence-corrected chi connectivity index (χ2v) is 9.31. The van der Waals surface area contributed by atoms with Gasteiger partial charge >= 0.3 is 0 Å². The minimum Gasteiger partial charge on any atom is -0.493 e. The van der Waals surface area contributed by atoms with E-state index in [9.17, 15) is 14.3 Å². The quantitative estimate of drug-likeness (QED) is 0.328. The topological polar surface area (TPSA) is 80.7 Å². The van der Waals surface area contributed by atoms with Gasteiger partial charge < -0.3 is 19.9 Å². The Morgan fingerprint density at radius 2 is 1.89 bits per heavy atom. The normalized spacial score (nSPS) is 12.1. The van der Waals surface area contributed by atoms with Gasteiger partial charge in [-0.15, -0.1) is 11.3 Å². The Hall–Kier alpha value is -3.49. The highest BCUT2D eigenvalue weighted by molar-refractivity contribution is 7.17. The van der Waals surface area contributed by atoms with Gasteiger partial charge in [-0.3, -0.25) is 4.79 Å². The number of aliphatic hydroxyl groups excluding tert-OH is 1. The van der Waals surface area contributed by atoms with Crippen LogP contribution in [0.5, 0.6) is 11.5 Å². The van der Waals surface area contributed by atoms with Gasteiger partial charge in [-0.1, -0.05) is 26.0 Å². The number of halogens is 1. The second-order valence-electron chi connectivity index (χ2n) is 8.43. The molecule has 4 aromatic rings. The highest BCUT2D eigenvalue weighted by atomic mass is 32.1. The molecule has 182 valence electrons. The molecule has 0 spiro atoms. The first-order valence-electron chi connectivity index (χ1n) is 11.2. The lowest BCUT2D eigenvalue weighted by Gasteiger charge is -2.16. The van der Waals surface area contributed by atoms with E-state index in [1.54, 1.807) is 24.3 Å². The third kappa shape index (κ3) is 5.13. The summed E-state index contributed by atoms with van der Waals surface area (Å²) >= 11 is 1.33. The van der Waals surface area contributed by atoms with Crippen LogP contribution < -0.4 is 14.8 Å². The number of aliphatic hydroxyl groups is 1. The first-order chi connectivity index (χ1) is 16.8. The van der Waals surface area contributed by atoms with Crippen molar-refractivity contribution in [3.8, 4) is 22.8 Å². The first kappa shape index (κ1) is 24.6. The van der Waals surface area contributed by atoms with Crippen LogP contribution in [0.25, 0.3) is 21.3 Å². The van der Waals surface area contributed by atoms with Crippen LogP contribution in [0.3, 0.4) is 0 Å². The smallest absolute Gasteiger partial charge is 0.251 e. The number of rotatable bonds is 8. The average Bonchev–Trinajstić information content (AvgIpc) is 3.31. The Morgan fingerprint density at radius 1 is 1.11 bits per heavy atom. The van der Waals surface area contributed by atoms with Crippen LogP contribution in [0.2, 0.25) is 0 Å². The third-order valence-electron chi connectivity index (χ3n) is 5.80. The summed E-state index contributed by atoms with van der Waals surface area (Å²) in [6.45, 7) is 4.08. The monoisotopic (exact) mass is 494 g/mol. The molecule has 0 saturated carbocycles. The Morgan fingerprint density at radius 3 is 2.60 bits per heavy atom. The van der Waals surface area contributed by atoms with E-state index >= 15 is 0 Å². The molecule has 2 N–H and O–H groups in total. The van der Waals surface area contributed by atoms with E-state index in [0.717, 1.165) is 16.5 Å². The number of hydrogen-bond acceptors (Lipinski definition) is 6. The molecule has 2 aromatic heterocycles. The van der Waals surface area contributed by atoms with Crippen LogP contribution in [0, 0.1) is 5.82 Å². The highest BCUT2D eigenvalue weighted by Crippen LogP contribution is 2.36. The van der Waals surface area contributed by atoms with Crippen LogP contribution in [0.4, 0.5) is 4.39 Å². The van der Waals surface area contributed by atoms with Gasteiger partial charge in [-0.25, -0.2) is 9.37 Å². The summed E-state index contributed by atoms with van der Waals surface area (Å²) in [7, 11) is 3.02. The van der Waals surface area contributed by atoms with Gasteiger partial charge in [0.2, 0.25) is 0 Å². The summed E-state index contributed by atoms with van der Waals surface area (Å²) in [6.07, 6.45) is -1.03. The predicted octanol–water partition coefficient (Wildman–Crippen LogP) is 5.71. The largest absolute Gasteiger partial charge is 0.493 e. The van der Waals surface area contributed by atoms with Crippen molar-refractivity contribution >= 4 is 27.3 Å². The molecule has 6 nitrogen and oxygen atoms in total.